The van der Waals surface area contributed by atoms with Crippen molar-refractivity contribution in [1.82, 2.24) is 0 Å². The second-order valence-corrected chi connectivity index (χ2v) is 4.95. The normalized spacial score (nSPS) is 10.3. The molecule has 0 radical (unpaired) electrons. The van der Waals surface area contributed by atoms with E-state index in [0.29, 0.717) is 5.56 Å². The van der Waals surface area contributed by atoms with Crippen LogP contribution in [0.4, 0.5) is 10.1 Å². The first-order valence-electron chi connectivity index (χ1n) is 5.68. The number of hydrogen-bond donors (Lipinski definition) is 2. The van der Waals surface area contributed by atoms with Gasteiger partial charge in [-0.15, -0.1) is 0 Å². The van der Waals surface area contributed by atoms with Crippen LogP contribution in [0, 0.1) is 5.82 Å². The Hall–Kier alpha value is -1.78. The molecule has 3 nitrogen and oxygen atoms in total. The monoisotopic (exact) mass is 313 g/mol. The Labute approximate surface area is 124 Å². The minimum atomic E-state index is -0.578. The first-order chi connectivity index (χ1) is 9.45. The number of amides is 1. The maximum atomic E-state index is 13.0. The first kappa shape index (κ1) is 14.6. The van der Waals surface area contributed by atoms with E-state index in [0.717, 1.165) is 12.1 Å². The van der Waals surface area contributed by atoms with Crippen molar-refractivity contribution in [2.24, 2.45) is 0 Å². The highest BCUT2D eigenvalue weighted by molar-refractivity contribution is 6.39. The van der Waals surface area contributed by atoms with E-state index >= 15 is 0 Å². The molecular weight excluding hydrogens is 304 g/mol. The highest BCUT2D eigenvalue weighted by atomic mass is 35.5. The lowest BCUT2D eigenvalue weighted by Crippen LogP contribution is -2.15. The molecule has 104 valence electrons. The summed E-state index contributed by atoms with van der Waals surface area (Å²) in [7, 11) is 0. The molecule has 0 unspecified atom stereocenters. The number of anilines is 1. The standard InChI is InChI=1S/C14H10Cl2FNO2/c15-11-6-9(17)7-12(16)14(11)18-13(20)5-8-2-1-3-10(19)4-8/h1-4,6-7,19H,5H2,(H,18,20). The summed E-state index contributed by atoms with van der Waals surface area (Å²) in [5.41, 5.74) is 0.803. The van der Waals surface area contributed by atoms with Gasteiger partial charge in [-0.3, -0.25) is 4.79 Å². The number of phenolic OH excluding ortho intramolecular Hbond substituents is 1. The van der Waals surface area contributed by atoms with Crippen LogP contribution in [0.3, 0.4) is 0 Å². The van der Waals surface area contributed by atoms with Gasteiger partial charge in [-0.2, -0.15) is 0 Å². The van der Waals surface area contributed by atoms with Crippen molar-refractivity contribution in [3.05, 3.63) is 57.8 Å². The summed E-state index contributed by atoms with van der Waals surface area (Å²) in [5.74, 6) is -0.870. The van der Waals surface area contributed by atoms with E-state index in [1.165, 1.54) is 12.1 Å². The summed E-state index contributed by atoms with van der Waals surface area (Å²) in [6.07, 6.45) is 0.0401. The minimum absolute atomic E-state index is 0.0271. The summed E-state index contributed by atoms with van der Waals surface area (Å²) in [6.45, 7) is 0. The molecule has 2 N–H and O–H groups in total. The minimum Gasteiger partial charge on any atom is -0.508 e. The van der Waals surface area contributed by atoms with Crippen LogP contribution in [0.5, 0.6) is 5.75 Å². The van der Waals surface area contributed by atoms with E-state index in [2.05, 4.69) is 5.32 Å². The van der Waals surface area contributed by atoms with Crippen LogP contribution in [-0.4, -0.2) is 11.0 Å². The topological polar surface area (TPSA) is 49.3 Å². The SMILES string of the molecule is O=C(Cc1cccc(O)c1)Nc1c(Cl)cc(F)cc1Cl. The second kappa shape index (κ2) is 6.11. The van der Waals surface area contributed by atoms with Crippen LogP contribution in [-0.2, 0) is 11.2 Å². The molecule has 0 aliphatic rings. The lowest BCUT2D eigenvalue weighted by Gasteiger charge is -2.09. The van der Waals surface area contributed by atoms with Crippen molar-refractivity contribution in [3.63, 3.8) is 0 Å². The lowest BCUT2D eigenvalue weighted by atomic mass is 10.1. The van der Waals surface area contributed by atoms with E-state index < -0.39 is 5.82 Å². The van der Waals surface area contributed by atoms with E-state index in [-0.39, 0.29) is 33.8 Å². The van der Waals surface area contributed by atoms with E-state index in [9.17, 15) is 14.3 Å². The Morgan fingerprint density at radius 3 is 2.45 bits per heavy atom. The number of phenols is 1. The number of rotatable bonds is 3. The molecule has 2 aromatic carbocycles. The second-order valence-electron chi connectivity index (χ2n) is 4.14. The Bertz CT molecular complexity index is 638. The number of nitrogens with one attached hydrogen (secondary N) is 1. The molecule has 0 saturated heterocycles. The molecule has 1 amide bonds. The molecule has 2 aromatic rings. The van der Waals surface area contributed by atoms with Gasteiger partial charge in [-0.05, 0) is 29.8 Å². The molecule has 2 rings (SSSR count). The zero-order valence-corrected chi connectivity index (χ0v) is 11.7. The highest BCUT2D eigenvalue weighted by Crippen LogP contribution is 2.31. The number of carbonyl (C=O) groups is 1. The predicted molar refractivity (Wildman–Crippen MR) is 76.9 cm³/mol. The van der Waals surface area contributed by atoms with Crippen molar-refractivity contribution in [2.45, 2.75) is 6.42 Å². The van der Waals surface area contributed by atoms with Crippen LogP contribution in [0.15, 0.2) is 36.4 Å². The van der Waals surface area contributed by atoms with Crippen LogP contribution < -0.4 is 5.32 Å². The summed E-state index contributed by atoms with van der Waals surface area (Å²) in [6, 6.07) is 8.46. The third-order valence-corrected chi connectivity index (χ3v) is 3.14. The summed E-state index contributed by atoms with van der Waals surface area (Å²) in [5, 5.41) is 11.9. The zero-order valence-electron chi connectivity index (χ0n) is 10.2. The number of halogens is 3. The van der Waals surface area contributed by atoms with Crippen molar-refractivity contribution in [3.8, 4) is 5.75 Å². The van der Waals surface area contributed by atoms with E-state index in [4.69, 9.17) is 23.2 Å². The quantitative estimate of drug-likeness (QED) is 0.899. The van der Waals surface area contributed by atoms with Gasteiger partial charge in [0.05, 0.1) is 22.2 Å². The number of aromatic hydroxyl groups is 1. The highest BCUT2D eigenvalue weighted by Gasteiger charge is 2.12. The van der Waals surface area contributed by atoms with Crippen LogP contribution in [0.25, 0.3) is 0 Å². The maximum absolute atomic E-state index is 13.0. The molecule has 0 spiro atoms. The van der Waals surface area contributed by atoms with Gasteiger partial charge in [-0.1, -0.05) is 35.3 Å². The first-order valence-corrected chi connectivity index (χ1v) is 6.43. The van der Waals surface area contributed by atoms with Gasteiger partial charge in [0.1, 0.15) is 11.6 Å². The zero-order chi connectivity index (χ0) is 14.7. The maximum Gasteiger partial charge on any atom is 0.228 e. The number of benzene rings is 2. The van der Waals surface area contributed by atoms with Crippen LogP contribution in [0.1, 0.15) is 5.56 Å². The fraction of sp³-hybridized carbons (Fsp3) is 0.0714. The molecule has 0 saturated carbocycles. The van der Waals surface area contributed by atoms with Gasteiger partial charge in [0.15, 0.2) is 0 Å². The molecule has 0 atom stereocenters. The van der Waals surface area contributed by atoms with Gasteiger partial charge in [0.2, 0.25) is 5.91 Å². The Morgan fingerprint density at radius 2 is 1.85 bits per heavy atom. The largest absolute Gasteiger partial charge is 0.508 e. The fourth-order valence-corrected chi connectivity index (χ4v) is 2.25. The number of hydrogen-bond acceptors (Lipinski definition) is 2. The predicted octanol–water partition coefficient (Wildman–Crippen LogP) is 4.02. The summed E-state index contributed by atoms with van der Waals surface area (Å²) < 4.78 is 13.0. The Morgan fingerprint density at radius 1 is 1.20 bits per heavy atom. The van der Waals surface area contributed by atoms with Gasteiger partial charge in [0.25, 0.3) is 0 Å². The third-order valence-electron chi connectivity index (χ3n) is 2.55. The van der Waals surface area contributed by atoms with E-state index in [1.807, 2.05) is 0 Å². The van der Waals surface area contributed by atoms with Gasteiger partial charge >= 0.3 is 0 Å². The van der Waals surface area contributed by atoms with Crippen LogP contribution >= 0.6 is 23.2 Å². The molecule has 0 aliphatic heterocycles. The summed E-state index contributed by atoms with van der Waals surface area (Å²) >= 11 is 11.7. The molecule has 20 heavy (non-hydrogen) atoms. The molecule has 0 bridgehead atoms. The third kappa shape index (κ3) is 3.62. The molecule has 0 heterocycles. The van der Waals surface area contributed by atoms with E-state index in [1.54, 1.807) is 12.1 Å². The molecule has 0 aliphatic carbocycles. The Balaban J connectivity index is 2.13. The Kier molecular flexibility index (Phi) is 4.47. The summed E-state index contributed by atoms with van der Waals surface area (Å²) in [4.78, 5) is 11.9. The fourth-order valence-electron chi connectivity index (χ4n) is 1.70. The average Bonchev–Trinajstić information content (AvgIpc) is 2.33. The van der Waals surface area contributed by atoms with Gasteiger partial charge in [-0.25, -0.2) is 4.39 Å². The molecule has 0 aromatic heterocycles. The van der Waals surface area contributed by atoms with Gasteiger partial charge < -0.3 is 10.4 Å². The number of carbonyl (C=O) groups excluding carboxylic acids is 1. The van der Waals surface area contributed by atoms with Crippen molar-refractivity contribution < 1.29 is 14.3 Å². The van der Waals surface area contributed by atoms with Crippen molar-refractivity contribution in [1.29, 1.82) is 0 Å². The van der Waals surface area contributed by atoms with Crippen molar-refractivity contribution in [2.75, 3.05) is 5.32 Å². The lowest BCUT2D eigenvalue weighted by molar-refractivity contribution is -0.115. The molecule has 0 fully saturated rings. The smallest absolute Gasteiger partial charge is 0.228 e. The molecule has 6 heteroatoms. The molecular formula is C14H10Cl2FNO2. The van der Waals surface area contributed by atoms with Gasteiger partial charge in [0, 0.05) is 0 Å². The van der Waals surface area contributed by atoms with Crippen LogP contribution in [0.2, 0.25) is 10.0 Å². The average molecular weight is 314 g/mol. The van der Waals surface area contributed by atoms with Crippen molar-refractivity contribution >= 4 is 34.8 Å².